The second kappa shape index (κ2) is 9.77. The lowest BCUT2D eigenvalue weighted by Crippen LogP contribution is -2.29. The van der Waals surface area contributed by atoms with Gasteiger partial charge in [0, 0.05) is 12.1 Å². The van der Waals surface area contributed by atoms with Gasteiger partial charge >= 0.3 is 0 Å². The van der Waals surface area contributed by atoms with Gasteiger partial charge in [0.25, 0.3) is 5.69 Å². The fourth-order valence-corrected chi connectivity index (χ4v) is 3.04. The van der Waals surface area contributed by atoms with E-state index in [1.165, 1.54) is 0 Å². The van der Waals surface area contributed by atoms with E-state index >= 15 is 0 Å². The number of benzene rings is 1. The Balaban J connectivity index is 2.35. The summed E-state index contributed by atoms with van der Waals surface area (Å²) in [6.45, 7) is 5.43. The molecule has 0 aromatic heterocycles. The summed E-state index contributed by atoms with van der Waals surface area (Å²) >= 11 is 1.58. The van der Waals surface area contributed by atoms with Gasteiger partial charge in [0.15, 0.2) is 0 Å². The van der Waals surface area contributed by atoms with Crippen LogP contribution in [0.1, 0.15) is 39.5 Å². The van der Waals surface area contributed by atoms with Gasteiger partial charge in [-0.05, 0) is 44.0 Å². The largest absolute Gasteiger partial charge is 0.314 e. The van der Waals surface area contributed by atoms with Crippen LogP contribution in [0.15, 0.2) is 29.2 Å². The number of para-hydroxylation sites is 1. The maximum Gasteiger partial charge on any atom is 0.282 e. The molecule has 0 saturated heterocycles. The lowest BCUT2D eigenvalue weighted by atomic mass is 10.1. The summed E-state index contributed by atoms with van der Waals surface area (Å²) in [4.78, 5) is 11.4. The predicted octanol–water partition coefficient (Wildman–Crippen LogP) is 4.25. The fourth-order valence-electron chi connectivity index (χ4n) is 2.04. The average Bonchev–Trinajstić information content (AvgIpc) is 2.46. The number of rotatable bonds is 10. The van der Waals surface area contributed by atoms with Crippen LogP contribution in [0.2, 0.25) is 0 Å². The Morgan fingerprint density at radius 1 is 1.35 bits per heavy atom. The van der Waals surface area contributed by atoms with Crippen molar-refractivity contribution in [2.24, 2.45) is 0 Å². The predicted molar refractivity (Wildman–Crippen MR) is 85.4 cm³/mol. The molecule has 20 heavy (non-hydrogen) atoms. The second-order valence-corrected chi connectivity index (χ2v) is 5.91. The zero-order valence-electron chi connectivity index (χ0n) is 12.3. The summed E-state index contributed by atoms with van der Waals surface area (Å²) in [7, 11) is 0. The zero-order valence-corrected chi connectivity index (χ0v) is 13.1. The van der Waals surface area contributed by atoms with Crippen molar-refractivity contribution in [1.82, 2.24) is 5.32 Å². The standard InChI is InChI=1S/C15H24N2O2S/c1-3-11-16-13(4-2)8-7-12-20-15-10-6-5-9-14(15)17(18)19/h5-6,9-10,13,16H,3-4,7-8,11-12H2,1-2H3. The van der Waals surface area contributed by atoms with E-state index in [1.807, 2.05) is 12.1 Å². The van der Waals surface area contributed by atoms with Gasteiger partial charge < -0.3 is 5.32 Å². The third kappa shape index (κ3) is 5.92. The molecule has 0 heterocycles. The molecule has 0 aliphatic rings. The molecule has 1 atom stereocenters. The van der Waals surface area contributed by atoms with Crippen molar-refractivity contribution in [3.8, 4) is 0 Å². The van der Waals surface area contributed by atoms with Gasteiger partial charge in [0.2, 0.25) is 0 Å². The number of nitrogens with zero attached hydrogens (tertiary/aromatic N) is 1. The number of hydrogen-bond acceptors (Lipinski definition) is 4. The average molecular weight is 296 g/mol. The minimum Gasteiger partial charge on any atom is -0.314 e. The zero-order chi connectivity index (χ0) is 14.8. The molecule has 0 bridgehead atoms. The molecule has 0 aliphatic carbocycles. The number of nitro benzene ring substituents is 1. The molecule has 1 N–H and O–H groups in total. The third-order valence-electron chi connectivity index (χ3n) is 3.19. The lowest BCUT2D eigenvalue weighted by Gasteiger charge is -2.16. The van der Waals surface area contributed by atoms with E-state index in [2.05, 4.69) is 19.2 Å². The Labute approximate surface area is 125 Å². The lowest BCUT2D eigenvalue weighted by molar-refractivity contribution is -0.387. The highest BCUT2D eigenvalue weighted by Gasteiger charge is 2.12. The van der Waals surface area contributed by atoms with E-state index in [4.69, 9.17) is 0 Å². The van der Waals surface area contributed by atoms with Gasteiger partial charge in [-0.15, -0.1) is 11.8 Å². The van der Waals surface area contributed by atoms with Gasteiger partial charge in [0.1, 0.15) is 0 Å². The van der Waals surface area contributed by atoms with Crippen LogP contribution < -0.4 is 5.32 Å². The van der Waals surface area contributed by atoms with Gasteiger partial charge in [-0.1, -0.05) is 26.0 Å². The molecule has 0 amide bonds. The molecule has 1 aromatic carbocycles. The molecule has 5 heteroatoms. The van der Waals surface area contributed by atoms with Gasteiger partial charge in [0.05, 0.1) is 9.82 Å². The highest BCUT2D eigenvalue weighted by atomic mass is 32.2. The third-order valence-corrected chi connectivity index (χ3v) is 4.34. The maximum absolute atomic E-state index is 10.9. The minimum atomic E-state index is -0.306. The second-order valence-electron chi connectivity index (χ2n) is 4.77. The molecular formula is C15H24N2O2S. The summed E-state index contributed by atoms with van der Waals surface area (Å²) in [5.41, 5.74) is 0.216. The van der Waals surface area contributed by atoms with E-state index < -0.39 is 0 Å². The number of thioether (sulfide) groups is 1. The maximum atomic E-state index is 10.9. The van der Waals surface area contributed by atoms with E-state index in [9.17, 15) is 10.1 Å². The summed E-state index contributed by atoms with van der Waals surface area (Å²) < 4.78 is 0. The Hall–Kier alpha value is -1.07. The first-order valence-electron chi connectivity index (χ1n) is 7.28. The molecule has 1 aromatic rings. The molecular weight excluding hydrogens is 272 g/mol. The van der Waals surface area contributed by atoms with Crippen LogP contribution in [0.5, 0.6) is 0 Å². The Bertz CT molecular complexity index is 413. The molecule has 1 unspecified atom stereocenters. The number of nitro groups is 1. The first-order valence-corrected chi connectivity index (χ1v) is 8.27. The molecule has 0 aliphatic heterocycles. The van der Waals surface area contributed by atoms with Crippen LogP contribution in [0.4, 0.5) is 5.69 Å². The Morgan fingerprint density at radius 3 is 2.75 bits per heavy atom. The SMILES string of the molecule is CCCNC(CC)CCCSc1ccccc1[N+](=O)[O-]. The molecule has 1 rings (SSSR count). The van der Waals surface area contributed by atoms with E-state index in [0.29, 0.717) is 6.04 Å². The van der Waals surface area contributed by atoms with Crippen molar-refractivity contribution >= 4 is 17.4 Å². The molecule has 0 radical (unpaired) electrons. The topological polar surface area (TPSA) is 55.2 Å². The number of nitrogens with one attached hydrogen (secondary N) is 1. The Kier molecular flexibility index (Phi) is 8.30. The van der Waals surface area contributed by atoms with Crippen molar-refractivity contribution in [3.05, 3.63) is 34.4 Å². The van der Waals surface area contributed by atoms with Crippen LogP contribution in [0.25, 0.3) is 0 Å². The van der Waals surface area contributed by atoms with Crippen molar-refractivity contribution < 1.29 is 4.92 Å². The normalized spacial score (nSPS) is 12.3. The van der Waals surface area contributed by atoms with E-state index in [0.717, 1.165) is 42.9 Å². The van der Waals surface area contributed by atoms with Gasteiger partial charge in [-0.3, -0.25) is 10.1 Å². The fraction of sp³-hybridized carbons (Fsp3) is 0.600. The minimum absolute atomic E-state index is 0.216. The molecule has 0 saturated carbocycles. The van der Waals surface area contributed by atoms with Crippen molar-refractivity contribution in [2.75, 3.05) is 12.3 Å². The Morgan fingerprint density at radius 2 is 2.10 bits per heavy atom. The van der Waals surface area contributed by atoms with Crippen molar-refractivity contribution in [2.45, 2.75) is 50.5 Å². The summed E-state index contributed by atoms with van der Waals surface area (Å²) in [6, 6.07) is 7.54. The molecule has 4 nitrogen and oxygen atoms in total. The highest BCUT2D eigenvalue weighted by molar-refractivity contribution is 7.99. The summed E-state index contributed by atoms with van der Waals surface area (Å²) in [6.07, 6.45) is 4.49. The number of hydrogen-bond donors (Lipinski definition) is 1. The highest BCUT2D eigenvalue weighted by Crippen LogP contribution is 2.29. The van der Waals surface area contributed by atoms with Crippen LogP contribution in [0, 0.1) is 10.1 Å². The summed E-state index contributed by atoms with van der Waals surface area (Å²) in [5, 5.41) is 14.4. The van der Waals surface area contributed by atoms with Crippen LogP contribution >= 0.6 is 11.8 Å². The van der Waals surface area contributed by atoms with E-state index in [-0.39, 0.29) is 10.6 Å². The first kappa shape index (κ1) is 17.0. The van der Waals surface area contributed by atoms with E-state index in [1.54, 1.807) is 23.9 Å². The van der Waals surface area contributed by atoms with Crippen LogP contribution in [-0.2, 0) is 0 Å². The molecule has 112 valence electrons. The van der Waals surface area contributed by atoms with Crippen molar-refractivity contribution in [1.29, 1.82) is 0 Å². The smallest absolute Gasteiger partial charge is 0.282 e. The quantitative estimate of drug-likeness (QED) is 0.303. The van der Waals surface area contributed by atoms with Crippen LogP contribution in [-0.4, -0.2) is 23.3 Å². The van der Waals surface area contributed by atoms with Gasteiger partial charge in [-0.25, -0.2) is 0 Å². The summed E-state index contributed by atoms with van der Waals surface area (Å²) in [5.74, 6) is 0.926. The molecule has 0 fully saturated rings. The van der Waals surface area contributed by atoms with Gasteiger partial charge in [-0.2, -0.15) is 0 Å². The monoisotopic (exact) mass is 296 g/mol. The van der Waals surface area contributed by atoms with Crippen molar-refractivity contribution in [3.63, 3.8) is 0 Å². The molecule has 0 spiro atoms. The first-order chi connectivity index (χ1) is 9.69. The van der Waals surface area contributed by atoms with Crippen LogP contribution in [0.3, 0.4) is 0 Å².